The topological polar surface area (TPSA) is 53.8 Å². The van der Waals surface area contributed by atoms with Crippen LogP contribution in [0.15, 0.2) is 59.2 Å². The molecule has 0 spiro atoms. The summed E-state index contributed by atoms with van der Waals surface area (Å²) in [6.07, 6.45) is 4.72. The summed E-state index contributed by atoms with van der Waals surface area (Å²) in [6, 6.07) is 14.8. The summed E-state index contributed by atoms with van der Waals surface area (Å²) in [5.74, 6) is 0.643. The molecule has 0 N–H and O–H groups in total. The first-order valence-electron chi connectivity index (χ1n) is 10.2. The monoisotopic (exact) mass is 454 g/mol. The van der Waals surface area contributed by atoms with Crippen molar-refractivity contribution < 1.29 is 14.0 Å². The van der Waals surface area contributed by atoms with E-state index in [0.717, 1.165) is 42.5 Å². The van der Waals surface area contributed by atoms with Crippen LogP contribution in [0.3, 0.4) is 0 Å². The molecule has 3 heterocycles. The minimum Gasteiger partial charge on any atom is -0.464 e. The Hall–Kier alpha value is -2.60. The standard InChI is InChI=1S/C24H20Cl2N2O3/c25-19-10-20(26)12-21(11-19)28-15-27-8-1-7-24(27,23(28)30)13-16-2-4-17(5-3-16)22-18(14-29)6-9-31-22/h2-6,9-12,14H,1,7-8,13,15H2. The maximum absolute atomic E-state index is 13.6. The first-order valence-corrected chi connectivity index (χ1v) is 10.9. The van der Waals surface area contributed by atoms with Gasteiger partial charge in [0.2, 0.25) is 5.91 Å². The molecular formula is C24H20Cl2N2O3. The van der Waals surface area contributed by atoms with Gasteiger partial charge in [-0.25, -0.2) is 0 Å². The zero-order valence-electron chi connectivity index (χ0n) is 16.7. The lowest BCUT2D eigenvalue weighted by Gasteiger charge is -2.28. The number of carbonyl (C=O) groups is 2. The molecule has 1 amide bonds. The molecule has 7 heteroatoms. The number of furan rings is 1. The van der Waals surface area contributed by atoms with Crippen LogP contribution in [0.4, 0.5) is 5.69 Å². The summed E-state index contributed by atoms with van der Waals surface area (Å²) in [4.78, 5) is 28.8. The van der Waals surface area contributed by atoms with Crippen LogP contribution in [0.2, 0.25) is 10.0 Å². The van der Waals surface area contributed by atoms with E-state index in [2.05, 4.69) is 4.90 Å². The van der Waals surface area contributed by atoms with Crippen LogP contribution in [0, 0.1) is 0 Å². The van der Waals surface area contributed by atoms with Crippen molar-refractivity contribution in [2.75, 3.05) is 18.1 Å². The van der Waals surface area contributed by atoms with Gasteiger partial charge in [-0.15, -0.1) is 0 Å². The summed E-state index contributed by atoms with van der Waals surface area (Å²) in [5.41, 5.74) is 2.59. The molecule has 3 aromatic rings. The fraction of sp³-hybridized carbons (Fsp3) is 0.250. The van der Waals surface area contributed by atoms with Crippen molar-refractivity contribution in [1.29, 1.82) is 0 Å². The maximum Gasteiger partial charge on any atom is 0.249 e. The SMILES string of the molecule is O=Cc1ccoc1-c1ccc(CC23CCCN2CN(c2cc(Cl)cc(Cl)c2)C3=O)cc1. The lowest BCUT2D eigenvalue weighted by molar-refractivity contribution is -0.123. The molecule has 2 fully saturated rings. The Labute approximate surface area is 190 Å². The van der Waals surface area contributed by atoms with Gasteiger partial charge in [0.25, 0.3) is 0 Å². The lowest BCUT2D eigenvalue weighted by Crippen LogP contribution is -2.46. The molecule has 0 radical (unpaired) electrons. The van der Waals surface area contributed by atoms with E-state index in [0.29, 0.717) is 34.5 Å². The third kappa shape index (κ3) is 3.47. The Morgan fingerprint density at radius 3 is 2.52 bits per heavy atom. The summed E-state index contributed by atoms with van der Waals surface area (Å²) in [6.45, 7) is 1.41. The highest BCUT2D eigenvalue weighted by molar-refractivity contribution is 6.35. The fourth-order valence-corrected chi connectivity index (χ4v) is 5.31. The van der Waals surface area contributed by atoms with Crippen LogP contribution in [-0.4, -0.2) is 35.8 Å². The van der Waals surface area contributed by atoms with Gasteiger partial charge in [-0.2, -0.15) is 0 Å². The normalized spacial score (nSPS) is 21.0. The van der Waals surface area contributed by atoms with Crippen molar-refractivity contribution in [2.45, 2.75) is 24.8 Å². The van der Waals surface area contributed by atoms with Crippen molar-refractivity contribution in [1.82, 2.24) is 4.90 Å². The number of hydrogen-bond donors (Lipinski definition) is 0. The fourth-order valence-electron chi connectivity index (χ4n) is 4.80. The van der Waals surface area contributed by atoms with Crippen LogP contribution in [0.1, 0.15) is 28.8 Å². The Kier molecular flexibility index (Phi) is 5.13. The van der Waals surface area contributed by atoms with Crippen molar-refractivity contribution in [3.05, 3.63) is 76.0 Å². The maximum atomic E-state index is 13.6. The zero-order chi connectivity index (χ0) is 21.6. The minimum absolute atomic E-state index is 0.0849. The molecule has 2 aliphatic heterocycles. The second kappa shape index (κ2) is 7.83. The van der Waals surface area contributed by atoms with Gasteiger partial charge in [0.05, 0.1) is 18.5 Å². The van der Waals surface area contributed by atoms with Crippen molar-refractivity contribution in [2.24, 2.45) is 0 Å². The van der Waals surface area contributed by atoms with E-state index < -0.39 is 5.54 Å². The van der Waals surface area contributed by atoms with Gasteiger partial charge in [0, 0.05) is 27.8 Å². The molecule has 2 aromatic carbocycles. The highest BCUT2D eigenvalue weighted by Gasteiger charge is 2.55. The molecule has 31 heavy (non-hydrogen) atoms. The van der Waals surface area contributed by atoms with Crippen LogP contribution in [0.25, 0.3) is 11.3 Å². The molecule has 0 saturated carbocycles. The quantitative estimate of drug-likeness (QED) is 0.481. The lowest BCUT2D eigenvalue weighted by atomic mass is 9.87. The van der Waals surface area contributed by atoms with Gasteiger partial charge in [-0.3, -0.25) is 19.4 Å². The predicted molar refractivity (Wildman–Crippen MR) is 121 cm³/mol. The molecular weight excluding hydrogens is 435 g/mol. The van der Waals surface area contributed by atoms with E-state index in [1.54, 1.807) is 29.2 Å². The number of rotatable bonds is 5. The molecule has 1 unspecified atom stereocenters. The smallest absolute Gasteiger partial charge is 0.249 e. The van der Waals surface area contributed by atoms with Gasteiger partial charge in [0.1, 0.15) is 11.3 Å². The van der Waals surface area contributed by atoms with Crippen molar-refractivity contribution in [3.8, 4) is 11.3 Å². The van der Waals surface area contributed by atoms with Crippen LogP contribution in [0.5, 0.6) is 0 Å². The van der Waals surface area contributed by atoms with Gasteiger partial charge in [-0.1, -0.05) is 47.5 Å². The van der Waals surface area contributed by atoms with E-state index in [1.165, 1.54) is 6.26 Å². The Bertz CT molecular complexity index is 1140. The van der Waals surface area contributed by atoms with Gasteiger partial charge in [0.15, 0.2) is 6.29 Å². The number of halogens is 2. The first-order chi connectivity index (χ1) is 15.0. The number of benzene rings is 2. The Morgan fingerprint density at radius 1 is 1.06 bits per heavy atom. The van der Waals surface area contributed by atoms with E-state index in [1.807, 2.05) is 24.3 Å². The second-order valence-corrected chi connectivity index (χ2v) is 8.97. The average molecular weight is 455 g/mol. The molecule has 5 nitrogen and oxygen atoms in total. The molecule has 158 valence electrons. The summed E-state index contributed by atoms with van der Waals surface area (Å²) >= 11 is 12.3. The molecule has 5 rings (SSSR count). The highest BCUT2D eigenvalue weighted by atomic mass is 35.5. The van der Waals surface area contributed by atoms with Gasteiger partial charge >= 0.3 is 0 Å². The number of anilines is 1. The molecule has 0 aliphatic carbocycles. The minimum atomic E-state index is -0.561. The molecule has 0 bridgehead atoms. The molecule has 2 saturated heterocycles. The van der Waals surface area contributed by atoms with Crippen molar-refractivity contribution in [3.63, 3.8) is 0 Å². The molecule has 1 atom stereocenters. The molecule has 1 aromatic heterocycles. The summed E-state index contributed by atoms with van der Waals surface area (Å²) in [5, 5.41) is 1.03. The van der Waals surface area contributed by atoms with E-state index in [-0.39, 0.29) is 5.91 Å². The predicted octanol–water partition coefficient (Wildman–Crippen LogP) is 5.45. The van der Waals surface area contributed by atoms with E-state index in [4.69, 9.17) is 27.6 Å². The average Bonchev–Trinajstić information content (AvgIpc) is 3.44. The third-order valence-electron chi connectivity index (χ3n) is 6.27. The largest absolute Gasteiger partial charge is 0.464 e. The number of fused-ring (bicyclic) bond motifs is 1. The first kappa shape index (κ1) is 20.3. The second-order valence-electron chi connectivity index (χ2n) is 8.10. The number of carbonyl (C=O) groups excluding carboxylic acids is 2. The van der Waals surface area contributed by atoms with Crippen LogP contribution in [-0.2, 0) is 11.2 Å². The Balaban J connectivity index is 1.42. The number of hydrogen-bond acceptors (Lipinski definition) is 4. The van der Waals surface area contributed by atoms with Gasteiger partial charge < -0.3 is 4.42 Å². The molecule has 2 aliphatic rings. The number of amides is 1. The van der Waals surface area contributed by atoms with E-state index in [9.17, 15) is 9.59 Å². The summed E-state index contributed by atoms with van der Waals surface area (Å²) in [7, 11) is 0. The van der Waals surface area contributed by atoms with Crippen LogP contribution >= 0.6 is 23.2 Å². The van der Waals surface area contributed by atoms with E-state index >= 15 is 0 Å². The summed E-state index contributed by atoms with van der Waals surface area (Å²) < 4.78 is 5.46. The zero-order valence-corrected chi connectivity index (χ0v) is 18.2. The Morgan fingerprint density at radius 2 is 1.81 bits per heavy atom. The van der Waals surface area contributed by atoms with Crippen molar-refractivity contribution >= 4 is 41.1 Å². The van der Waals surface area contributed by atoms with Gasteiger partial charge in [-0.05, 0) is 49.1 Å². The third-order valence-corrected chi connectivity index (χ3v) is 6.71. The number of nitrogens with zero attached hydrogens (tertiary/aromatic N) is 2. The number of aldehydes is 1. The highest BCUT2D eigenvalue weighted by Crippen LogP contribution is 2.42. The van der Waals surface area contributed by atoms with Crippen LogP contribution < -0.4 is 4.90 Å².